The molecule has 11 heteroatoms. The highest BCUT2D eigenvalue weighted by Gasteiger charge is 2.48. The van der Waals surface area contributed by atoms with Gasteiger partial charge < -0.3 is 24.2 Å². The quantitative estimate of drug-likeness (QED) is 0.202. The molecule has 2 aliphatic carbocycles. The summed E-state index contributed by atoms with van der Waals surface area (Å²) in [6.07, 6.45) is 6.10. The second-order valence-corrected chi connectivity index (χ2v) is 12.2. The van der Waals surface area contributed by atoms with Gasteiger partial charge in [-0.1, -0.05) is 34.4 Å². The molecule has 1 N–H and O–H groups in total. The van der Waals surface area contributed by atoms with E-state index in [9.17, 15) is 9.59 Å². The van der Waals surface area contributed by atoms with Crippen LogP contribution in [0.5, 0.6) is 0 Å². The van der Waals surface area contributed by atoms with Crippen molar-refractivity contribution in [2.24, 2.45) is 0 Å². The third kappa shape index (κ3) is 5.46. The number of ether oxygens (including phenoxy) is 2. The number of anilines is 1. The molecule has 2 aliphatic heterocycles. The molecule has 2 saturated carbocycles. The van der Waals surface area contributed by atoms with Gasteiger partial charge in [0.25, 0.3) is 0 Å². The fourth-order valence-electron chi connectivity index (χ4n) is 6.26. The molecule has 2 amide bonds. The number of nitrogens with zero attached hydrogens (tertiary/aromatic N) is 3. The van der Waals surface area contributed by atoms with Gasteiger partial charge in [-0.15, -0.1) is 0 Å². The second kappa shape index (κ2) is 11.4. The van der Waals surface area contributed by atoms with Gasteiger partial charge in [0.1, 0.15) is 11.5 Å². The van der Waals surface area contributed by atoms with Crippen LogP contribution in [0.3, 0.4) is 0 Å². The van der Waals surface area contributed by atoms with Crippen LogP contribution in [0.15, 0.2) is 53.2 Å². The second-order valence-electron chi connectivity index (χ2n) is 11.4. The highest BCUT2D eigenvalue weighted by Crippen LogP contribution is 2.47. The van der Waals surface area contributed by atoms with Crippen molar-refractivity contribution in [3.05, 3.63) is 75.6 Å². The summed E-state index contributed by atoms with van der Waals surface area (Å²) < 4.78 is 17.3. The van der Waals surface area contributed by atoms with Crippen molar-refractivity contribution >= 4 is 51.8 Å². The number of esters is 1. The summed E-state index contributed by atoms with van der Waals surface area (Å²) in [6.45, 7) is 2.40. The molecule has 2 unspecified atom stereocenters. The number of benzene rings is 2. The molecule has 222 valence electrons. The van der Waals surface area contributed by atoms with Gasteiger partial charge >= 0.3 is 12.0 Å². The van der Waals surface area contributed by atoms with E-state index in [4.69, 9.17) is 37.2 Å². The van der Waals surface area contributed by atoms with E-state index in [-0.39, 0.29) is 30.8 Å². The zero-order chi connectivity index (χ0) is 29.7. The number of hydrogen-bond donors (Lipinski definition) is 1. The van der Waals surface area contributed by atoms with Gasteiger partial charge in [-0.3, -0.25) is 4.98 Å². The van der Waals surface area contributed by atoms with Crippen LogP contribution in [0.1, 0.15) is 66.6 Å². The first-order chi connectivity index (χ1) is 20.9. The summed E-state index contributed by atoms with van der Waals surface area (Å²) in [5.41, 5.74) is 3.95. The van der Waals surface area contributed by atoms with E-state index in [1.54, 1.807) is 25.1 Å². The van der Waals surface area contributed by atoms with Crippen LogP contribution in [0.4, 0.5) is 10.5 Å². The fraction of sp³-hybridized carbons (Fsp3) is 0.375. The summed E-state index contributed by atoms with van der Waals surface area (Å²) in [5, 5.41) is 9.18. The van der Waals surface area contributed by atoms with Gasteiger partial charge in [0.05, 0.1) is 40.4 Å². The number of pyridine rings is 1. The van der Waals surface area contributed by atoms with E-state index in [0.29, 0.717) is 45.1 Å². The minimum Gasteiger partial charge on any atom is -0.462 e. The Labute approximate surface area is 258 Å². The Morgan fingerprint density at radius 1 is 1.07 bits per heavy atom. The molecule has 8 rings (SSSR count). The first-order valence-corrected chi connectivity index (χ1v) is 15.4. The minimum absolute atomic E-state index is 0.0114. The van der Waals surface area contributed by atoms with E-state index >= 15 is 0 Å². The van der Waals surface area contributed by atoms with Gasteiger partial charge in [0.2, 0.25) is 0 Å². The maximum Gasteiger partial charge on any atom is 0.339 e. The summed E-state index contributed by atoms with van der Waals surface area (Å²) in [7, 11) is 0. The molecule has 4 heterocycles. The molecular weight excluding hydrogens is 591 g/mol. The number of hydrogen-bond acceptors (Lipinski definition) is 7. The number of piperidine rings is 1. The molecular formula is C32H30Cl2N4O5. The maximum atomic E-state index is 13.3. The predicted molar refractivity (Wildman–Crippen MR) is 162 cm³/mol. The van der Waals surface area contributed by atoms with Crippen LogP contribution in [0.25, 0.3) is 22.2 Å². The molecule has 4 fully saturated rings. The smallest absolute Gasteiger partial charge is 0.339 e. The number of aromatic nitrogens is 2. The van der Waals surface area contributed by atoms with Gasteiger partial charge in [0, 0.05) is 46.4 Å². The highest BCUT2D eigenvalue weighted by molar-refractivity contribution is 6.39. The number of fused-ring (bicyclic) bond motifs is 3. The van der Waals surface area contributed by atoms with Gasteiger partial charge in [-0.25, -0.2) is 9.59 Å². The molecule has 9 nitrogen and oxygen atoms in total. The zero-order valence-corrected chi connectivity index (χ0v) is 25.0. The third-order valence-electron chi connectivity index (χ3n) is 8.51. The van der Waals surface area contributed by atoms with Crippen molar-refractivity contribution in [3.8, 4) is 11.3 Å². The lowest BCUT2D eigenvalue weighted by atomic mass is 9.78. The summed E-state index contributed by atoms with van der Waals surface area (Å²) >= 11 is 13.0. The zero-order valence-electron chi connectivity index (χ0n) is 23.5. The Morgan fingerprint density at radius 3 is 2.56 bits per heavy atom. The van der Waals surface area contributed by atoms with E-state index in [1.165, 1.54) is 6.20 Å². The van der Waals surface area contributed by atoms with Gasteiger partial charge in [-0.2, -0.15) is 0 Å². The fourth-order valence-corrected chi connectivity index (χ4v) is 6.84. The topological polar surface area (TPSA) is 107 Å². The molecule has 2 aromatic carbocycles. The molecule has 0 radical (unpaired) electrons. The third-order valence-corrected chi connectivity index (χ3v) is 9.14. The number of urea groups is 1. The standard InChI is InChI=1S/C32H30Cl2N4O5/c1-2-41-31(39)19-10-18-11-20(8-9-27(18)35-15-19)36-32(40)38-21-12-22(38)14-23(13-21)42-16-24-29(37-43-30(24)17-6-7-17)28-25(33)4-3-5-26(28)34/h3-5,8-11,15,17,21-23H,2,6-7,12-14,16H2,1H3,(H,36,40). The lowest BCUT2D eigenvalue weighted by Crippen LogP contribution is -2.65. The molecule has 2 saturated heterocycles. The van der Waals surface area contributed by atoms with E-state index in [2.05, 4.69) is 15.5 Å². The molecule has 2 bridgehead atoms. The number of carbonyl (C=O) groups excluding carboxylic acids is 2. The Bertz CT molecular complexity index is 1690. The number of halogens is 2. The molecule has 2 atom stereocenters. The normalized spacial score (nSPS) is 21.0. The highest BCUT2D eigenvalue weighted by atomic mass is 35.5. The average Bonchev–Trinajstić information content (AvgIpc) is 3.75. The van der Waals surface area contributed by atoms with Crippen molar-refractivity contribution in [2.75, 3.05) is 11.9 Å². The lowest BCUT2D eigenvalue weighted by Gasteiger charge is -2.54. The first-order valence-electron chi connectivity index (χ1n) is 14.6. The molecule has 0 spiro atoms. The van der Waals surface area contributed by atoms with Crippen LogP contribution in [-0.4, -0.2) is 51.8 Å². The van der Waals surface area contributed by atoms with Gasteiger partial charge in [0.15, 0.2) is 0 Å². The first kappa shape index (κ1) is 28.1. The number of rotatable bonds is 8. The predicted octanol–water partition coefficient (Wildman–Crippen LogP) is 7.60. The Kier molecular flexibility index (Phi) is 7.49. The Morgan fingerprint density at radius 2 is 1.84 bits per heavy atom. The summed E-state index contributed by atoms with van der Waals surface area (Å²) in [6, 6.07) is 12.7. The van der Waals surface area contributed by atoms with Crippen LogP contribution in [-0.2, 0) is 16.1 Å². The number of nitrogens with one attached hydrogen (secondary N) is 1. The largest absolute Gasteiger partial charge is 0.462 e. The van der Waals surface area contributed by atoms with Crippen LogP contribution in [0, 0.1) is 0 Å². The van der Waals surface area contributed by atoms with E-state index in [1.807, 2.05) is 29.2 Å². The molecule has 4 aliphatic rings. The number of carbonyl (C=O) groups is 2. The Hall–Kier alpha value is -3.66. The monoisotopic (exact) mass is 620 g/mol. The van der Waals surface area contributed by atoms with Crippen molar-refractivity contribution in [1.82, 2.24) is 15.0 Å². The number of amides is 2. The minimum atomic E-state index is -0.423. The molecule has 43 heavy (non-hydrogen) atoms. The average molecular weight is 622 g/mol. The van der Waals surface area contributed by atoms with Crippen molar-refractivity contribution < 1.29 is 23.6 Å². The Balaban J connectivity index is 1.00. The maximum absolute atomic E-state index is 13.3. The van der Waals surface area contributed by atoms with Crippen LogP contribution >= 0.6 is 23.2 Å². The van der Waals surface area contributed by atoms with Crippen molar-refractivity contribution in [1.29, 1.82) is 0 Å². The molecule has 4 aromatic rings. The van der Waals surface area contributed by atoms with Crippen LogP contribution in [0.2, 0.25) is 10.0 Å². The van der Waals surface area contributed by atoms with Crippen molar-refractivity contribution in [2.45, 2.75) is 69.7 Å². The van der Waals surface area contributed by atoms with E-state index < -0.39 is 5.97 Å². The van der Waals surface area contributed by atoms with Gasteiger partial charge in [-0.05, 0) is 75.4 Å². The SMILES string of the molecule is CCOC(=O)c1cnc2ccc(NC(=O)N3C4CC(OCc5c(-c6c(Cl)cccc6Cl)noc5C5CC5)CC3C4)cc2c1. The summed E-state index contributed by atoms with van der Waals surface area (Å²) in [5.74, 6) is 0.781. The summed E-state index contributed by atoms with van der Waals surface area (Å²) in [4.78, 5) is 31.7. The van der Waals surface area contributed by atoms with Crippen molar-refractivity contribution in [3.63, 3.8) is 0 Å². The van der Waals surface area contributed by atoms with E-state index in [0.717, 1.165) is 54.3 Å². The lowest BCUT2D eigenvalue weighted by molar-refractivity contribution is -0.0837. The van der Waals surface area contributed by atoms with Crippen LogP contribution < -0.4 is 5.32 Å². The molecule has 2 aromatic heterocycles.